The summed E-state index contributed by atoms with van der Waals surface area (Å²) in [4.78, 5) is 22.4. The van der Waals surface area contributed by atoms with Crippen molar-refractivity contribution in [3.63, 3.8) is 0 Å². The molecular formula is C13H27NO7Si. The number of nitrogens with one attached hydrogen (secondary N) is 1. The van der Waals surface area contributed by atoms with Gasteiger partial charge in [-0.1, -0.05) is 0 Å². The minimum atomic E-state index is -2.69. The van der Waals surface area contributed by atoms with Crippen LogP contribution in [0.15, 0.2) is 0 Å². The molecule has 0 aliphatic carbocycles. The third-order valence-corrected chi connectivity index (χ3v) is 5.86. The molecule has 0 aliphatic heterocycles. The lowest BCUT2D eigenvalue weighted by Gasteiger charge is -2.25. The van der Waals surface area contributed by atoms with Gasteiger partial charge >= 0.3 is 20.9 Å². The molecule has 0 rings (SSSR count). The standard InChI is InChI=1S/C13H27NO7Si/c1-10(2)14-13(17)21-11(9-12(15)16)7-6-8-22(18-3,19-4)20-5/h10-11H,6-9H2,1-5H3,(H,14,17)(H,15,16). The number of rotatable bonds is 11. The number of alkyl carbamates (subject to hydrolysis) is 1. The lowest BCUT2D eigenvalue weighted by atomic mass is 10.1. The van der Waals surface area contributed by atoms with E-state index >= 15 is 0 Å². The summed E-state index contributed by atoms with van der Waals surface area (Å²) < 4.78 is 21.0. The summed E-state index contributed by atoms with van der Waals surface area (Å²) in [5.41, 5.74) is 0. The monoisotopic (exact) mass is 337 g/mol. The van der Waals surface area contributed by atoms with Crippen molar-refractivity contribution >= 4 is 20.9 Å². The molecule has 0 aromatic carbocycles. The highest BCUT2D eigenvalue weighted by Crippen LogP contribution is 2.19. The second kappa shape index (κ2) is 10.5. The largest absolute Gasteiger partial charge is 0.500 e. The molecule has 0 heterocycles. The van der Waals surface area contributed by atoms with Crippen LogP contribution in [0.2, 0.25) is 6.04 Å². The second-order valence-corrected chi connectivity index (χ2v) is 8.20. The van der Waals surface area contributed by atoms with Crippen molar-refractivity contribution in [3.05, 3.63) is 0 Å². The van der Waals surface area contributed by atoms with Gasteiger partial charge in [0.1, 0.15) is 6.10 Å². The van der Waals surface area contributed by atoms with Gasteiger partial charge in [0.15, 0.2) is 0 Å². The molecule has 1 amide bonds. The summed E-state index contributed by atoms with van der Waals surface area (Å²) >= 11 is 0. The molecular weight excluding hydrogens is 310 g/mol. The molecule has 0 fully saturated rings. The van der Waals surface area contributed by atoms with Gasteiger partial charge < -0.3 is 28.4 Å². The minimum absolute atomic E-state index is 0.0755. The van der Waals surface area contributed by atoms with E-state index in [1.807, 2.05) is 0 Å². The van der Waals surface area contributed by atoms with Crippen molar-refractivity contribution in [3.8, 4) is 0 Å². The zero-order valence-electron chi connectivity index (χ0n) is 13.9. The molecule has 0 saturated heterocycles. The summed E-state index contributed by atoms with van der Waals surface area (Å²) in [5.74, 6) is -1.02. The van der Waals surface area contributed by atoms with Crippen LogP contribution in [-0.2, 0) is 22.8 Å². The van der Waals surface area contributed by atoms with Crippen LogP contribution < -0.4 is 5.32 Å². The molecule has 2 N–H and O–H groups in total. The van der Waals surface area contributed by atoms with Gasteiger partial charge in [-0.2, -0.15) is 0 Å². The first-order chi connectivity index (χ1) is 10.3. The van der Waals surface area contributed by atoms with Gasteiger partial charge in [0.2, 0.25) is 0 Å². The first-order valence-electron chi connectivity index (χ1n) is 7.13. The molecule has 0 spiro atoms. The number of ether oxygens (including phenoxy) is 1. The van der Waals surface area contributed by atoms with Crippen LogP contribution in [0.5, 0.6) is 0 Å². The Labute approximate surface area is 132 Å². The van der Waals surface area contributed by atoms with Crippen LogP contribution in [0.3, 0.4) is 0 Å². The molecule has 0 radical (unpaired) electrons. The number of carboxylic acids is 1. The molecule has 22 heavy (non-hydrogen) atoms. The highest BCUT2D eigenvalue weighted by Gasteiger charge is 2.37. The Balaban J connectivity index is 4.47. The lowest BCUT2D eigenvalue weighted by Crippen LogP contribution is -2.42. The normalized spacial score (nSPS) is 13.0. The molecule has 0 saturated carbocycles. The van der Waals surface area contributed by atoms with Gasteiger partial charge in [-0.25, -0.2) is 4.79 Å². The van der Waals surface area contributed by atoms with Crippen LogP contribution in [0.1, 0.15) is 33.1 Å². The van der Waals surface area contributed by atoms with E-state index in [1.165, 1.54) is 21.3 Å². The maximum atomic E-state index is 11.6. The van der Waals surface area contributed by atoms with Crippen molar-refractivity contribution in [1.29, 1.82) is 0 Å². The number of carbonyl (C=O) groups excluding carboxylic acids is 1. The zero-order chi connectivity index (χ0) is 17.2. The average molecular weight is 337 g/mol. The first-order valence-corrected chi connectivity index (χ1v) is 9.06. The number of carboxylic acid groups (broad SMARTS) is 1. The second-order valence-electron chi connectivity index (χ2n) is 5.11. The summed E-state index contributed by atoms with van der Waals surface area (Å²) in [6.07, 6.45) is -0.604. The maximum Gasteiger partial charge on any atom is 0.500 e. The first kappa shape index (κ1) is 20.8. The average Bonchev–Trinajstić information content (AvgIpc) is 2.42. The fraction of sp³-hybridized carbons (Fsp3) is 0.846. The molecule has 9 heteroatoms. The molecule has 1 unspecified atom stereocenters. The zero-order valence-corrected chi connectivity index (χ0v) is 14.9. The van der Waals surface area contributed by atoms with E-state index in [9.17, 15) is 9.59 Å². The van der Waals surface area contributed by atoms with Crippen molar-refractivity contribution in [2.24, 2.45) is 0 Å². The fourth-order valence-electron chi connectivity index (χ4n) is 1.92. The van der Waals surface area contributed by atoms with Crippen molar-refractivity contribution in [2.45, 2.75) is 51.3 Å². The van der Waals surface area contributed by atoms with Gasteiger partial charge in [0.05, 0.1) is 6.42 Å². The Morgan fingerprint density at radius 2 is 1.68 bits per heavy atom. The summed E-state index contributed by atoms with van der Waals surface area (Å²) in [6.45, 7) is 3.59. The molecule has 0 aromatic heterocycles. The summed E-state index contributed by atoms with van der Waals surface area (Å²) in [6, 6.07) is 0.440. The summed E-state index contributed by atoms with van der Waals surface area (Å²) in [7, 11) is 1.85. The van der Waals surface area contributed by atoms with Crippen LogP contribution in [-0.4, -0.2) is 59.4 Å². The van der Waals surface area contributed by atoms with E-state index in [-0.39, 0.29) is 12.5 Å². The molecule has 0 bridgehead atoms. The Kier molecular flexibility index (Phi) is 9.99. The summed E-state index contributed by atoms with van der Waals surface area (Å²) in [5, 5.41) is 11.5. The van der Waals surface area contributed by atoms with Crippen molar-refractivity contribution in [1.82, 2.24) is 5.32 Å². The van der Waals surface area contributed by atoms with E-state index in [1.54, 1.807) is 13.8 Å². The van der Waals surface area contributed by atoms with E-state index in [0.717, 1.165) is 0 Å². The van der Waals surface area contributed by atoms with Crippen LogP contribution in [0, 0.1) is 0 Å². The fourth-order valence-corrected chi connectivity index (χ4v) is 3.67. The van der Waals surface area contributed by atoms with Crippen molar-refractivity contribution in [2.75, 3.05) is 21.3 Å². The number of aliphatic carboxylic acids is 1. The van der Waals surface area contributed by atoms with E-state index in [2.05, 4.69) is 5.32 Å². The molecule has 8 nitrogen and oxygen atoms in total. The van der Waals surface area contributed by atoms with Gasteiger partial charge in [0, 0.05) is 33.4 Å². The molecule has 0 aromatic rings. The van der Waals surface area contributed by atoms with Crippen LogP contribution in [0.4, 0.5) is 4.79 Å². The minimum Gasteiger partial charge on any atom is -0.481 e. The van der Waals surface area contributed by atoms with E-state index in [0.29, 0.717) is 18.9 Å². The predicted octanol–water partition coefficient (Wildman–Crippen LogP) is 1.62. The predicted molar refractivity (Wildman–Crippen MR) is 81.6 cm³/mol. The molecule has 0 aliphatic rings. The third-order valence-electron chi connectivity index (χ3n) is 3.02. The van der Waals surface area contributed by atoms with Gasteiger partial charge in [-0.05, 0) is 26.7 Å². The molecule has 1 atom stereocenters. The van der Waals surface area contributed by atoms with Crippen LogP contribution >= 0.6 is 0 Å². The lowest BCUT2D eigenvalue weighted by molar-refractivity contribution is -0.139. The Hall–Kier alpha value is -1.16. The Bertz CT molecular complexity index is 339. The van der Waals surface area contributed by atoms with Gasteiger partial charge in [0.25, 0.3) is 0 Å². The highest BCUT2D eigenvalue weighted by molar-refractivity contribution is 6.60. The number of hydrogen-bond donors (Lipinski definition) is 2. The third kappa shape index (κ3) is 8.32. The van der Waals surface area contributed by atoms with Crippen molar-refractivity contribution < 1.29 is 32.7 Å². The van der Waals surface area contributed by atoms with E-state index < -0.39 is 27.0 Å². The Morgan fingerprint density at radius 3 is 2.09 bits per heavy atom. The number of amides is 1. The topological polar surface area (TPSA) is 103 Å². The van der Waals surface area contributed by atoms with Gasteiger partial charge in [-0.15, -0.1) is 0 Å². The smallest absolute Gasteiger partial charge is 0.481 e. The van der Waals surface area contributed by atoms with Crippen LogP contribution in [0.25, 0.3) is 0 Å². The molecule has 130 valence electrons. The maximum absolute atomic E-state index is 11.6. The Morgan fingerprint density at radius 1 is 1.14 bits per heavy atom. The number of carbonyl (C=O) groups is 2. The van der Waals surface area contributed by atoms with Gasteiger partial charge in [-0.3, -0.25) is 4.79 Å². The number of hydrogen-bond acceptors (Lipinski definition) is 6. The SMILES string of the molecule is CO[Si](CCCC(CC(=O)O)OC(=O)NC(C)C)(OC)OC. The van der Waals surface area contributed by atoms with E-state index in [4.69, 9.17) is 23.1 Å². The highest BCUT2D eigenvalue weighted by atomic mass is 28.4. The quantitative estimate of drug-likeness (QED) is 0.552.